The second kappa shape index (κ2) is 10.0. The first kappa shape index (κ1) is 20.9. The molecule has 1 aromatic carbocycles. The molecule has 0 bridgehead atoms. The van der Waals surface area contributed by atoms with Gasteiger partial charge in [0.1, 0.15) is 12.1 Å². The molecule has 4 unspecified atom stereocenters. The van der Waals surface area contributed by atoms with Crippen LogP contribution in [0.3, 0.4) is 0 Å². The number of rotatable bonds is 9. The van der Waals surface area contributed by atoms with E-state index in [1.165, 1.54) is 6.92 Å². The topological polar surface area (TPSA) is 142 Å². The molecule has 8 nitrogen and oxygen atoms in total. The van der Waals surface area contributed by atoms with Crippen LogP contribution in [0.4, 0.5) is 0 Å². The number of aliphatic hydroxyl groups excluding tert-OH is 1. The molecule has 6 N–H and O–H groups in total. The van der Waals surface area contributed by atoms with Gasteiger partial charge >= 0.3 is 5.97 Å². The van der Waals surface area contributed by atoms with Gasteiger partial charge in [-0.05, 0) is 12.5 Å². The first-order chi connectivity index (χ1) is 11.8. The maximum absolute atomic E-state index is 12.3. The van der Waals surface area contributed by atoms with Gasteiger partial charge in [-0.2, -0.15) is 12.6 Å². The maximum Gasteiger partial charge on any atom is 0.326 e. The molecule has 25 heavy (non-hydrogen) atoms. The van der Waals surface area contributed by atoms with Gasteiger partial charge in [0, 0.05) is 12.2 Å². The van der Waals surface area contributed by atoms with E-state index < -0.39 is 42.0 Å². The first-order valence-corrected chi connectivity index (χ1v) is 8.31. The molecule has 0 heterocycles. The molecule has 4 atom stereocenters. The van der Waals surface area contributed by atoms with Crippen molar-refractivity contribution in [1.82, 2.24) is 10.6 Å². The Balaban J connectivity index is 2.81. The van der Waals surface area contributed by atoms with Crippen molar-refractivity contribution in [3.05, 3.63) is 35.9 Å². The van der Waals surface area contributed by atoms with E-state index in [9.17, 15) is 24.6 Å². The van der Waals surface area contributed by atoms with Crippen LogP contribution >= 0.6 is 12.6 Å². The second-order valence-electron chi connectivity index (χ2n) is 5.61. The van der Waals surface area contributed by atoms with E-state index in [4.69, 9.17) is 5.73 Å². The molecular formula is C16H23N3O5S. The Morgan fingerprint density at radius 2 is 1.76 bits per heavy atom. The smallest absolute Gasteiger partial charge is 0.326 e. The van der Waals surface area contributed by atoms with Crippen LogP contribution in [0.5, 0.6) is 0 Å². The molecule has 1 rings (SSSR count). The Labute approximate surface area is 151 Å². The molecule has 0 aromatic heterocycles. The van der Waals surface area contributed by atoms with Gasteiger partial charge in [-0.25, -0.2) is 4.79 Å². The number of hydrogen-bond acceptors (Lipinski definition) is 6. The minimum atomic E-state index is -1.32. The summed E-state index contributed by atoms with van der Waals surface area (Å²) in [6.45, 7) is 1.31. The van der Waals surface area contributed by atoms with Crippen molar-refractivity contribution in [3.8, 4) is 0 Å². The predicted molar refractivity (Wildman–Crippen MR) is 95.2 cm³/mol. The number of hydrogen-bond donors (Lipinski definition) is 6. The molecule has 0 fully saturated rings. The largest absolute Gasteiger partial charge is 0.480 e. The first-order valence-electron chi connectivity index (χ1n) is 7.68. The molecule has 9 heteroatoms. The lowest BCUT2D eigenvalue weighted by Gasteiger charge is -2.24. The zero-order valence-electron chi connectivity index (χ0n) is 13.8. The number of aliphatic carboxylic acids is 1. The van der Waals surface area contributed by atoms with Crippen LogP contribution < -0.4 is 16.4 Å². The second-order valence-corrected chi connectivity index (χ2v) is 5.97. The van der Waals surface area contributed by atoms with Crippen molar-refractivity contribution in [2.24, 2.45) is 5.73 Å². The summed E-state index contributed by atoms with van der Waals surface area (Å²) in [5, 5.41) is 23.7. The summed E-state index contributed by atoms with van der Waals surface area (Å²) in [5.41, 5.74) is 6.25. The summed E-state index contributed by atoms with van der Waals surface area (Å²) in [7, 11) is 0. The lowest BCUT2D eigenvalue weighted by molar-refractivity contribution is -0.142. The molecule has 0 aliphatic heterocycles. The Hall–Kier alpha value is -2.10. The molecule has 0 radical (unpaired) electrons. The average Bonchev–Trinajstić information content (AvgIpc) is 2.58. The van der Waals surface area contributed by atoms with Gasteiger partial charge in [-0.3, -0.25) is 9.59 Å². The van der Waals surface area contributed by atoms with Crippen molar-refractivity contribution < 1.29 is 24.6 Å². The van der Waals surface area contributed by atoms with E-state index in [0.717, 1.165) is 5.56 Å². The molecule has 138 valence electrons. The summed E-state index contributed by atoms with van der Waals surface area (Å²) in [5.74, 6) is -2.63. The van der Waals surface area contributed by atoms with E-state index in [-0.39, 0.29) is 12.2 Å². The van der Waals surface area contributed by atoms with E-state index in [2.05, 4.69) is 23.3 Å². The zero-order valence-corrected chi connectivity index (χ0v) is 14.6. The summed E-state index contributed by atoms with van der Waals surface area (Å²) in [4.78, 5) is 35.6. The molecular weight excluding hydrogens is 346 g/mol. The van der Waals surface area contributed by atoms with Crippen LogP contribution in [0, 0.1) is 0 Å². The van der Waals surface area contributed by atoms with Crippen LogP contribution in [-0.4, -0.2) is 58.0 Å². The summed E-state index contributed by atoms with van der Waals surface area (Å²) < 4.78 is 0. The van der Waals surface area contributed by atoms with Gasteiger partial charge in [0.15, 0.2) is 0 Å². The van der Waals surface area contributed by atoms with Gasteiger partial charge in [-0.15, -0.1) is 0 Å². The fraction of sp³-hybridized carbons (Fsp3) is 0.438. The SMILES string of the molecule is CC(O)C(NC(=O)C(N)CS)C(=O)NC(Cc1ccccc1)C(=O)O. The number of nitrogens with two attached hydrogens (primary N) is 1. The van der Waals surface area contributed by atoms with Crippen LogP contribution in [0.2, 0.25) is 0 Å². The maximum atomic E-state index is 12.3. The number of carboxylic acid groups (broad SMARTS) is 1. The lowest BCUT2D eigenvalue weighted by atomic mass is 10.0. The van der Waals surface area contributed by atoms with Gasteiger partial charge in [0.25, 0.3) is 0 Å². The third kappa shape index (κ3) is 6.73. The highest BCUT2D eigenvalue weighted by molar-refractivity contribution is 7.80. The van der Waals surface area contributed by atoms with Gasteiger partial charge < -0.3 is 26.6 Å². The van der Waals surface area contributed by atoms with Crippen LogP contribution in [0.15, 0.2) is 30.3 Å². The number of benzene rings is 1. The number of thiol groups is 1. The summed E-state index contributed by atoms with van der Waals surface area (Å²) >= 11 is 3.89. The third-order valence-corrected chi connectivity index (χ3v) is 3.89. The van der Waals surface area contributed by atoms with E-state index in [1.807, 2.05) is 0 Å². The fourth-order valence-electron chi connectivity index (χ4n) is 2.06. The minimum Gasteiger partial charge on any atom is -0.480 e. The quantitative estimate of drug-likeness (QED) is 0.306. The van der Waals surface area contributed by atoms with Crippen molar-refractivity contribution in [3.63, 3.8) is 0 Å². The number of carbonyl (C=O) groups is 3. The van der Waals surface area contributed by atoms with Gasteiger partial charge in [0.05, 0.1) is 12.1 Å². The number of nitrogens with one attached hydrogen (secondary N) is 2. The van der Waals surface area contributed by atoms with Crippen molar-refractivity contribution in [1.29, 1.82) is 0 Å². The fourth-order valence-corrected chi connectivity index (χ4v) is 2.23. The number of amides is 2. The van der Waals surface area contributed by atoms with Crippen LogP contribution in [0.25, 0.3) is 0 Å². The summed E-state index contributed by atoms with van der Waals surface area (Å²) in [6, 6.07) is 5.31. The Morgan fingerprint density at radius 3 is 2.24 bits per heavy atom. The molecule has 0 saturated heterocycles. The van der Waals surface area contributed by atoms with Crippen molar-refractivity contribution in [2.45, 2.75) is 37.6 Å². The third-order valence-electron chi connectivity index (χ3n) is 3.49. The van der Waals surface area contributed by atoms with E-state index in [1.54, 1.807) is 30.3 Å². The van der Waals surface area contributed by atoms with Gasteiger partial charge in [0.2, 0.25) is 11.8 Å². The summed E-state index contributed by atoms with van der Waals surface area (Å²) in [6.07, 6.45) is -1.17. The number of carbonyl (C=O) groups excluding carboxylic acids is 2. The highest BCUT2D eigenvalue weighted by Gasteiger charge is 2.30. The van der Waals surface area contributed by atoms with E-state index in [0.29, 0.717) is 0 Å². The lowest BCUT2D eigenvalue weighted by Crippen LogP contribution is -2.58. The molecule has 0 spiro atoms. The molecule has 0 aliphatic rings. The highest BCUT2D eigenvalue weighted by Crippen LogP contribution is 2.05. The molecule has 1 aromatic rings. The highest BCUT2D eigenvalue weighted by atomic mass is 32.1. The Kier molecular flexibility index (Phi) is 8.39. The number of aliphatic hydroxyl groups is 1. The van der Waals surface area contributed by atoms with Crippen molar-refractivity contribution >= 4 is 30.4 Å². The van der Waals surface area contributed by atoms with Crippen LogP contribution in [-0.2, 0) is 20.8 Å². The predicted octanol–water partition coefficient (Wildman–Crippen LogP) is -1.08. The molecule has 2 amide bonds. The van der Waals surface area contributed by atoms with E-state index >= 15 is 0 Å². The Morgan fingerprint density at radius 1 is 1.16 bits per heavy atom. The van der Waals surface area contributed by atoms with Crippen molar-refractivity contribution in [2.75, 3.05) is 5.75 Å². The minimum absolute atomic E-state index is 0.0613. The molecule has 0 aliphatic carbocycles. The Bertz CT molecular complexity index is 597. The molecule has 0 saturated carbocycles. The normalized spacial score (nSPS) is 15.5. The number of carboxylic acids is 1. The van der Waals surface area contributed by atoms with Gasteiger partial charge in [-0.1, -0.05) is 30.3 Å². The van der Waals surface area contributed by atoms with Crippen LogP contribution in [0.1, 0.15) is 12.5 Å². The monoisotopic (exact) mass is 369 g/mol. The average molecular weight is 369 g/mol. The zero-order chi connectivity index (χ0) is 19.0. The standard InChI is InChI=1S/C16H23N3O5S/c1-9(20)13(19-14(21)11(17)8-25)15(22)18-12(16(23)24)7-10-5-3-2-4-6-10/h2-6,9,11-13,20,25H,7-8,17H2,1H3,(H,18,22)(H,19,21)(H,23,24).